The molecule has 0 bridgehead atoms. The van der Waals surface area contributed by atoms with E-state index in [1.165, 1.54) is 11.8 Å². The molecule has 1 saturated heterocycles. The van der Waals surface area contributed by atoms with Gasteiger partial charge in [0.05, 0.1) is 0 Å². The number of carbonyl (C=O) groups is 3. The number of fused-ring (bicyclic) bond motifs is 1. The molecule has 0 radical (unpaired) electrons. The third-order valence-electron chi connectivity index (χ3n) is 8.53. The first kappa shape index (κ1) is 32.9. The summed E-state index contributed by atoms with van der Waals surface area (Å²) in [5.41, 5.74) is 3.89. The molecular formula is C34H44AsN5O5. The zero-order valence-corrected chi connectivity index (χ0v) is 28.6. The van der Waals surface area contributed by atoms with E-state index in [1.54, 1.807) is 4.90 Å². The van der Waals surface area contributed by atoms with Crippen LogP contribution in [0.2, 0.25) is 0 Å². The molecule has 1 fully saturated rings. The number of nitrogens with zero attached hydrogens (tertiary/aromatic N) is 5. The van der Waals surface area contributed by atoms with Crippen LogP contribution in [0.5, 0.6) is 0 Å². The SMILES string of the molecule is CCCCCCCOC(=O)n1nc([AsH]C(=O)c2ccc(N3CCN(C)CC3)cc2)c2c1CN(C(=O)[C@H](OC)c1ccccc1)C2. The van der Waals surface area contributed by atoms with Crippen LogP contribution >= 0.6 is 0 Å². The van der Waals surface area contributed by atoms with Crippen LogP contribution in [-0.4, -0.2) is 98.8 Å². The molecule has 1 aromatic heterocycles. The van der Waals surface area contributed by atoms with E-state index in [4.69, 9.17) is 9.47 Å². The molecule has 0 spiro atoms. The topological polar surface area (TPSA) is 97.2 Å². The first-order valence-corrected chi connectivity index (χ1v) is 18.0. The van der Waals surface area contributed by atoms with Gasteiger partial charge in [0, 0.05) is 0 Å². The van der Waals surface area contributed by atoms with Gasteiger partial charge in [0.15, 0.2) is 0 Å². The maximum atomic E-state index is 13.6. The van der Waals surface area contributed by atoms with Gasteiger partial charge in [-0.05, 0) is 0 Å². The Morgan fingerprint density at radius 1 is 0.911 bits per heavy atom. The summed E-state index contributed by atoms with van der Waals surface area (Å²) in [7, 11) is 3.65. The Kier molecular flexibility index (Phi) is 11.5. The van der Waals surface area contributed by atoms with Crippen LogP contribution in [0.1, 0.15) is 72.3 Å². The Hall–Kier alpha value is -3.46. The van der Waals surface area contributed by atoms with Gasteiger partial charge >= 0.3 is 273 Å². The third-order valence-corrected chi connectivity index (χ3v) is 11.0. The zero-order chi connectivity index (χ0) is 31.8. The standard InChI is InChI=1S/C34H44AsN5O5/c1-4-5-6-7-11-22-45-34(43)40-29-24-39(33(42)30(44-3)25-12-9-8-10-13-25)23-28(29)31(36-40)35-32(41)26-14-16-27(17-15-26)38-20-18-37(2)19-21-38/h8-10,12-17,30,35H,4-7,11,18-24H2,1-3H3/t30-/m1/s1. The van der Waals surface area contributed by atoms with Crippen LogP contribution in [0, 0.1) is 0 Å². The van der Waals surface area contributed by atoms with Crippen LogP contribution in [0.3, 0.4) is 0 Å². The molecule has 11 heteroatoms. The van der Waals surface area contributed by atoms with Gasteiger partial charge in [-0.2, -0.15) is 0 Å². The molecule has 2 aliphatic rings. The Bertz CT molecular complexity index is 1450. The minimum atomic E-state index is -1.42. The number of amides is 1. The van der Waals surface area contributed by atoms with Crippen molar-refractivity contribution in [3.8, 4) is 0 Å². The summed E-state index contributed by atoms with van der Waals surface area (Å²) >= 11 is -1.42. The van der Waals surface area contributed by atoms with Crippen molar-refractivity contribution >= 4 is 42.5 Å². The summed E-state index contributed by atoms with van der Waals surface area (Å²) in [4.78, 5) is 46.7. The van der Waals surface area contributed by atoms with Crippen molar-refractivity contribution in [2.45, 2.75) is 58.2 Å². The van der Waals surface area contributed by atoms with E-state index in [1.807, 2.05) is 54.6 Å². The molecule has 3 aromatic rings. The predicted octanol–water partition coefficient (Wildman–Crippen LogP) is 3.72. The predicted molar refractivity (Wildman–Crippen MR) is 175 cm³/mol. The van der Waals surface area contributed by atoms with Crippen molar-refractivity contribution in [3.63, 3.8) is 0 Å². The zero-order valence-electron chi connectivity index (χ0n) is 26.5. The second-order valence-corrected chi connectivity index (χ2v) is 14.2. The van der Waals surface area contributed by atoms with Crippen molar-refractivity contribution in [2.75, 3.05) is 51.8 Å². The summed E-state index contributed by atoms with van der Waals surface area (Å²) in [6.45, 7) is 6.87. The maximum absolute atomic E-state index is 13.6. The van der Waals surface area contributed by atoms with E-state index >= 15 is 0 Å². The average Bonchev–Trinajstić information content (AvgIpc) is 3.64. The molecule has 10 nitrogen and oxygen atoms in total. The second-order valence-electron chi connectivity index (χ2n) is 11.7. The molecule has 240 valence electrons. The number of aromatic nitrogens is 2. The molecule has 0 N–H and O–H groups in total. The fourth-order valence-electron chi connectivity index (χ4n) is 5.82. The van der Waals surface area contributed by atoms with Crippen LogP contribution in [0.25, 0.3) is 0 Å². The van der Waals surface area contributed by atoms with Crippen molar-refractivity contribution in [1.82, 2.24) is 19.6 Å². The van der Waals surface area contributed by atoms with E-state index in [-0.39, 0.29) is 23.6 Å². The fourth-order valence-corrected chi connectivity index (χ4v) is 8.02. The number of unbranched alkanes of at least 4 members (excludes halogenated alkanes) is 4. The van der Waals surface area contributed by atoms with E-state index < -0.39 is 27.9 Å². The Morgan fingerprint density at radius 3 is 2.31 bits per heavy atom. The average molecular weight is 678 g/mol. The Labute approximate surface area is 272 Å². The van der Waals surface area contributed by atoms with Gasteiger partial charge in [-0.25, -0.2) is 0 Å². The van der Waals surface area contributed by atoms with Gasteiger partial charge < -0.3 is 0 Å². The van der Waals surface area contributed by atoms with E-state index in [0.717, 1.165) is 75.1 Å². The summed E-state index contributed by atoms with van der Waals surface area (Å²) in [5.74, 6) is -0.201. The van der Waals surface area contributed by atoms with E-state index in [2.05, 4.69) is 28.9 Å². The number of hydrogen-bond acceptors (Lipinski definition) is 8. The number of piperazine rings is 1. The summed E-state index contributed by atoms with van der Waals surface area (Å²) < 4.78 is 13.1. The monoisotopic (exact) mass is 677 g/mol. The number of benzene rings is 2. The number of carbonyl (C=O) groups excluding carboxylic acids is 3. The molecule has 0 saturated carbocycles. The third kappa shape index (κ3) is 8.04. The van der Waals surface area contributed by atoms with Crippen molar-refractivity contribution in [2.24, 2.45) is 0 Å². The number of hydrogen-bond donors (Lipinski definition) is 0. The summed E-state index contributed by atoms with van der Waals surface area (Å²) in [5, 5.41) is 4.64. The van der Waals surface area contributed by atoms with Gasteiger partial charge in [0.25, 0.3) is 0 Å². The molecule has 5 rings (SSSR count). The van der Waals surface area contributed by atoms with Gasteiger partial charge in [0.2, 0.25) is 0 Å². The first-order valence-electron chi connectivity index (χ1n) is 15.9. The molecule has 3 heterocycles. The fraction of sp³-hybridized carbons (Fsp3) is 0.471. The van der Waals surface area contributed by atoms with Gasteiger partial charge in [-0.3, -0.25) is 0 Å². The molecular weight excluding hydrogens is 633 g/mol. The van der Waals surface area contributed by atoms with Crippen molar-refractivity contribution in [1.29, 1.82) is 0 Å². The molecule has 2 atom stereocenters. The van der Waals surface area contributed by atoms with Crippen LogP contribution < -0.4 is 9.38 Å². The molecule has 45 heavy (non-hydrogen) atoms. The quantitative estimate of drug-likeness (QED) is 0.200. The van der Waals surface area contributed by atoms with Crippen LogP contribution in [-0.2, 0) is 27.4 Å². The number of methoxy groups -OCH3 is 1. The number of ether oxygens (including phenoxy) is 2. The van der Waals surface area contributed by atoms with E-state index in [9.17, 15) is 14.4 Å². The second kappa shape index (κ2) is 15.7. The van der Waals surface area contributed by atoms with Gasteiger partial charge in [0.1, 0.15) is 0 Å². The Balaban J connectivity index is 1.32. The molecule has 2 aromatic carbocycles. The normalized spacial score (nSPS) is 15.9. The van der Waals surface area contributed by atoms with Gasteiger partial charge in [-0.1, -0.05) is 0 Å². The van der Waals surface area contributed by atoms with Crippen molar-refractivity contribution in [3.05, 3.63) is 77.0 Å². The molecule has 1 unspecified atom stereocenters. The van der Waals surface area contributed by atoms with Crippen molar-refractivity contribution < 1.29 is 23.9 Å². The first-order chi connectivity index (χ1) is 21.9. The molecule has 0 aliphatic carbocycles. The summed E-state index contributed by atoms with van der Waals surface area (Å²) in [6, 6.07) is 17.2. The number of likely N-dealkylation sites (N-methyl/N-ethyl adjacent to an activating group) is 1. The van der Waals surface area contributed by atoms with Crippen LogP contribution in [0.4, 0.5) is 10.5 Å². The Morgan fingerprint density at radius 2 is 1.62 bits per heavy atom. The molecule has 1 amide bonds. The number of anilines is 1. The van der Waals surface area contributed by atoms with E-state index in [0.29, 0.717) is 22.3 Å². The summed E-state index contributed by atoms with van der Waals surface area (Å²) in [6.07, 6.45) is 3.87. The van der Waals surface area contributed by atoms with Crippen LogP contribution in [0.15, 0.2) is 54.6 Å². The minimum absolute atomic E-state index is 0.0282. The molecule has 2 aliphatic heterocycles. The number of rotatable bonds is 13. The van der Waals surface area contributed by atoms with Gasteiger partial charge in [-0.15, -0.1) is 0 Å².